The predicted molar refractivity (Wildman–Crippen MR) is 132 cm³/mol. The smallest absolute Gasteiger partial charge is 0.232 e. The molecule has 0 aliphatic carbocycles. The molecule has 0 unspecified atom stereocenters. The zero-order valence-electron chi connectivity index (χ0n) is 19.3. The highest BCUT2D eigenvalue weighted by Crippen LogP contribution is 2.39. The largest absolute Gasteiger partial charge is 0.310 e. The van der Waals surface area contributed by atoms with Gasteiger partial charge in [-0.1, -0.05) is 31.5 Å². The molecule has 172 valence electrons. The molecule has 7 nitrogen and oxygen atoms in total. The lowest BCUT2D eigenvalue weighted by molar-refractivity contribution is -0.117. The summed E-state index contributed by atoms with van der Waals surface area (Å²) in [5, 5.41) is 7.99. The van der Waals surface area contributed by atoms with E-state index in [2.05, 4.69) is 39.2 Å². The first-order valence-electron chi connectivity index (χ1n) is 11.2. The average molecular weight is 473 g/mol. The van der Waals surface area contributed by atoms with Gasteiger partial charge in [0.15, 0.2) is 0 Å². The molecule has 0 bridgehead atoms. The molecule has 0 saturated heterocycles. The van der Waals surface area contributed by atoms with Crippen LogP contribution < -0.4 is 5.32 Å². The topological polar surface area (TPSA) is 85.6 Å². The Morgan fingerprint density at radius 2 is 1.97 bits per heavy atom. The van der Waals surface area contributed by atoms with Crippen LogP contribution in [0.25, 0.3) is 22.4 Å². The molecular weight excluding hydrogens is 448 g/mol. The highest BCUT2D eigenvalue weighted by molar-refractivity contribution is 6.33. The van der Waals surface area contributed by atoms with Crippen molar-refractivity contribution in [1.29, 1.82) is 0 Å². The number of aromatic nitrogens is 5. The Kier molecular flexibility index (Phi) is 5.65. The van der Waals surface area contributed by atoms with Gasteiger partial charge in [0.2, 0.25) is 5.91 Å². The minimum absolute atomic E-state index is 0.158. The molecule has 5 rings (SSSR count). The number of anilines is 1. The Morgan fingerprint density at radius 1 is 1.12 bits per heavy atom. The normalized spacial score (nSPS) is 15.1. The molecule has 0 spiro atoms. The number of rotatable bonds is 5. The van der Waals surface area contributed by atoms with Gasteiger partial charge in [-0.3, -0.25) is 19.4 Å². The standard InChI is InChI=1S/C26H25ClN6O/c1-16(17-6-7-22(29-12-17)18-5-4-8-28-11-18)25(34)32-24-9-19(21(27)14-30-24)20-13-31-33-15-26(2,3)10-23(20)33/h4-9,11-14,16H,10,15H2,1-3H3,(H,30,32,34)/t16-/m0/s1. The summed E-state index contributed by atoms with van der Waals surface area (Å²) < 4.78 is 2.04. The summed E-state index contributed by atoms with van der Waals surface area (Å²) in [6.07, 6.45) is 9.55. The van der Waals surface area contributed by atoms with Crippen molar-refractivity contribution in [1.82, 2.24) is 24.7 Å². The number of nitrogens with one attached hydrogen (secondary N) is 1. The monoisotopic (exact) mass is 472 g/mol. The highest BCUT2D eigenvalue weighted by atomic mass is 35.5. The Bertz CT molecular complexity index is 1350. The fraction of sp³-hybridized carbons (Fsp3) is 0.269. The van der Waals surface area contributed by atoms with E-state index in [0.29, 0.717) is 10.8 Å². The van der Waals surface area contributed by atoms with Crippen LogP contribution in [0, 0.1) is 5.41 Å². The van der Waals surface area contributed by atoms with Crippen LogP contribution in [0.1, 0.15) is 37.9 Å². The minimum atomic E-state index is -0.405. The van der Waals surface area contributed by atoms with Crippen molar-refractivity contribution in [3.63, 3.8) is 0 Å². The summed E-state index contributed by atoms with van der Waals surface area (Å²) in [4.78, 5) is 25.9. The molecule has 1 amide bonds. The van der Waals surface area contributed by atoms with Crippen LogP contribution in [-0.4, -0.2) is 30.6 Å². The second-order valence-electron chi connectivity index (χ2n) is 9.48. The van der Waals surface area contributed by atoms with Crippen LogP contribution >= 0.6 is 11.6 Å². The summed E-state index contributed by atoms with van der Waals surface area (Å²) in [6, 6.07) is 9.45. The second-order valence-corrected chi connectivity index (χ2v) is 9.89. The maximum atomic E-state index is 13.0. The van der Waals surface area contributed by atoms with Crippen molar-refractivity contribution in [3.05, 3.63) is 77.6 Å². The average Bonchev–Trinajstić information content (AvgIpc) is 3.35. The molecule has 4 aromatic heterocycles. The zero-order valence-corrected chi connectivity index (χ0v) is 20.0. The number of pyridine rings is 3. The Hall–Kier alpha value is -3.58. The molecule has 0 fully saturated rings. The van der Waals surface area contributed by atoms with E-state index in [1.807, 2.05) is 48.1 Å². The number of nitrogens with zero attached hydrogens (tertiary/aromatic N) is 5. The molecule has 1 aliphatic heterocycles. The number of hydrogen-bond acceptors (Lipinski definition) is 5. The molecule has 1 aliphatic rings. The van der Waals surface area contributed by atoms with Crippen molar-refractivity contribution < 1.29 is 4.79 Å². The minimum Gasteiger partial charge on any atom is -0.310 e. The number of amides is 1. The summed E-state index contributed by atoms with van der Waals surface area (Å²) >= 11 is 6.50. The Morgan fingerprint density at radius 3 is 2.71 bits per heavy atom. The Labute approximate surface area is 203 Å². The molecule has 0 radical (unpaired) electrons. The zero-order chi connectivity index (χ0) is 23.9. The van der Waals surface area contributed by atoms with Gasteiger partial charge in [-0.15, -0.1) is 0 Å². The quantitative estimate of drug-likeness (QED) is 0.421. The van der Waals surface area contributed by atoms with E-state index >= 15 is 0 Å². The fourth-order valence-electron chi connectivity index (χ4n) is 4.32. The maximum Gasteiger partial charge on any atom is 0.232 e. The predicted octanol–water partition coefficient (Wildman–Crippen LogP) is 5.38. The number of carbonyl (C=O) groups is 1. The van der Waals surface area contributed by atoms with Gasteiger partial charge in [0.05, 0.1) is 22.8 Å². The van der Waals surface area contributed by atoms with Crippen LogP contribution in [0.3, 0.4) is 0 Å². The lowest BCUT2D eigenvalue weighted by Crippen LogP contribution is -2.19. The summed E-state index contributed by atoms with van der Waals surface area (Å²) in [7, 11) is 0. The third-order valence-electron chi connectivity index (χ3n) is 6.21. The van der Waals surface area contributed by atoms with E-state index in [9.17, 15) is 4.79 Å². The molecular formula is C26H25ClN6O. The van der Waals surface area contributed by atoms with E-state index in [1.165, 1.54) is 0 Å². The van der Waals surface area contributed by atoms with Gasteiger partial charge in [-0.25, -0.2) is 4.98 Å². The molecule has 8 heteroatoms. The van der Waals surface area contributed by atoms with Crippen LogP contribution in [0.15, 0.2) is 61.3 Å². The number of carbonyl (C=O) groups excluding carboxylic acids is 1. The number of halogens is 1. The fourth-order valence-corrected chi connectivity index (χ4v) is 4.52. The van der Waals surface area contributed by atoms with E-state index < -0.39 is 5.92 Å². The van der Waals surface area contributed by atoms with E-state index in [1.54, 1.807) is 24.8 Å². The molecule has 0 saturated carbocycles. The molecule has 0 aromatic carbocycles. The van der Waals surface area contributed by atoms with Crippen molar-refractivity contribution in [2.45, 2.75) is 39.7 Å². The molecule has 1 N–H and O–H groups in total. The molecule has 34 heavy (non-hydrogen) atoms. The van der Waals surface area contributed by atoms with Crippen molar-refractivity contribution in [2.75, 3.05) is 5.32 Å². The third-order valence-corrected chi connectivity index (χ3v) is 6.51. The van der Waals surface area contributed by atoms with Gasteiger partial charge in [0, 0.05) is 53.7 Å². The van der Waals surface area contributed by atoms with Crippen LogP contribution in [0.4, 0.5) is 5.82 Å². The Balaban J connectivity index is 1.34. The molecule has 5 heterocycles. The van der Waals surface area contributed by atoms with Crippen molar-refractivity contribution in [2.24, 2.45) is 5.41 Å². The third kappa shape index (κ3) is 4.31. The molecule has 4 aromatic rings. The van der Waals surface area contributed by atoms with Gasteiger partial charge in [0.25, 0.3) is 0 Å². The summed E-state index contributed by atoms with van der Waals surface area (Å²) in [5.74, 6) is -0.121. The van der Waals surface area contributed by atoms with Gasteiger partial charge in [-0.05, 0) is 48.6 Å². The van der Waals surface area contributed by atoms with E-state index in [-0.39, 0.29) is 11.3 Å². The van der Waals surface area contributed by atoms with Gasteiger partial charge >= 0.3 is 0 Å². The second kappa shape index (κ2) is 8.65. The first kappa shape index (κ1) is 22.2. The van der Waals surface area contributed by atoms with E-state index in [0.717, 1.165) is 46.6 Å². The van der Waals surface area contributed by atoms with Crippen LogP contribution in [0.2, 0.25) is 5.02 Å². The van der Waals surface area contributed by atoms with Crippen LogP contribution in [-0.2, 0) is 17.8 Å². The SMILES string of the molecule is C[C@H](C(=O)Nc1cc(-c2cnn3c2CC(C)(C)C3)c(Cl)cn1)c1ccc(-c2cccnc2)nc1. The van der Waals surface area contributed by atoms with Crippen LogP contribution in [0.5, 0.6) is 0 Å². The van der Waals surface area contributed by atoms with Gasteiger partial charge in [0.1, 0.15) is 5.82 Å². The lowest BCUT2D eigenvalue weighted by Gasteiger charge is -2.15. The van der Waals surface area contributed by atoms with Gasteiger partial charge in [-0.2, -0.15) is 5.10 Å². The first-order valence-corrected chi connectivity index (χ1v) is 11.6. The lowest BCUT2D eigenvalue weighted by atomic mass is 9.89. The van der Waals surface area contributed by atoms with Crippen molar-refractivity contribution in [3.8, 4) is 22.4 Å². The summed E-state index contributed by atoms with van der Waals surface area (Å²) in [5.41, 5.74) is 5.67. The van der Waals surface area contributed by atoms with Gasteiger partial charge < -0.3 is 5.32 Å². The number of hydrogen-bond donors (Lipinski definition) is 1. The number of fused-ring (bicyclic) bond motifs is 1. The molecule has 1 atom stereocenters. The van der Waals surface area contributed by atoms with E-state index in [4.69, 9.17) is 11.6 Å². The summed E-state index contributed by atoms with van der Waals surface area (Å²) in [6.45, 7) is 7.18. The highest BCUT2D eigenvalue weighted by Gasteiger charge is 2.32. The van der Waals surface area contributed by atoms with Crippen molar-refractivity contribution >= 4 is 23.3 Å². The maximum absolute atomic E-state index is 13.0. The first-order chi connectivity index (χ1) is 16.3.